The molecule has 0 amide bonds. The smallest absolute Gasteiger partial charge is 0.337 e. The standard InChI is InChI=1S/C14H12INO3/c1-8-5-11(7-12(13(8)16)14(17)18)19-10-4-2-3-9(15)6-10/h2-7H,16H2,1H3,(H,17,18). The molecule has 2 aromatic carbocycles. The highest BCUT2D eigenvalue weighted by atomic mass is 127. The minimum Gasteiger partial charge on any atom is -0.478 e. The van der Waals surface area contributed by atoms with Crippen LogP contribution < -0.4 is 10.5 Å². The Morgan fingerprint density at radius 1 is 1.26 bits per heavy atom. The number of rotatable bonds is 3. The second-order valence-electron chi connectivity index (χ2n) is 4.07. The van der Waals surface area contributed by atoms with Gasteiger partial charge in [0.1, 0.15) is 11.5 Å². The number of aryl methyl sites for hydroxylation is 1. The van der Waals surface area contributed by atoms with Crippen LogP contribution in [0.5, 0.6) is 11.5 Å². The summed E-state index contributed by atoms with van der Waals surface area (Å²) in [4.78, 5) is 11.1. The van der Waals surface area contributed by atoms with Gasteiger partial charge in [-0.3, -0.25) is 0 Å². The number of carboxylic acid groups (broad SMARTS) is 1. The van der Waals surface area contributed by atoms with Gasteiger partial charge in [-0.25, -0.2) is 4.79 Å². The fraction of sp³-hybridized carbons (Fsp3) is 0.0714. The molecule has 2 rings (SSSR count). The molecule has 0 spiro atoms. The van der Waals surface area contributed by atoms with Gasteiger partial charge >= 0.3 is 5.97 Å². The molecule has 3 N–H and O–H groups in total. The van der Waals surface area contributed by atoms with Crippen LogP contribution >= 0.6 is 22.6 Å². The Balaban J connectivity index is 2.38. The lowest BCUT2D eigenvalue weighted by Gasteiger charge is -2.10. The van der Waals surface area contributed by atoms with Crippen molar-refractivity contribution in [3.8, 4) is 11.5 Å². The van der Waals surface area contributed by atoms with Crippen LogP contribution in [0.3, 0.4) is 0 Å². The number of anilines is 1. The van der Waals surface area contributed by atoms with Gasteiger partial charge in [-0.15, -0.1) is 0 Å². The first-order chi connectivity index (χ1) is 8.97. The molecule has 2 aromatic rings. The number of ether oxygens (including phenoxy) is 1. The maximum absolute atomic E-state index is 11.1. The minimum absolute atomic E-state index is 0.0561. The summed E-state index contributed by atoms with van der Waals surface area (Å²) in [5, 5.41) is 9.09. The van der Waals surface area contributed by atoms with Crippen molar-refractivity contribution in [3.05, 3.63) is 51.1 Å². The molecule has 0 radical (unpaired) electrons. The molecule has 0 saturated carbocycles. The Labute approximate surface area is 124 Å². The summed E-state index contributed by atoms with van der Waals surface area (Å²) >= 11 is 2.18. The van der Waals surface area contributed by atoms with Crippen molar-refractivity contribution in [2.45, 2.75) is 6.92 Å². The van der Waals surface area contributed by atoms with Crippen LogP contribution in [0.4, 0.5) is 5.69 Å². The monoisotopic (exact) mass is 369 g/mol. The lowest BCUT2D eigenvalue weighted by Crippen LogP contribution is -2.04. The number of nitrogens with two attached hydrogens (primary N) is 1. The first kappa shape index (κ1) is 13.7. The molecule has 0 saturated heterocycles. The third-order valence-corrected chi connectivity index (χ3v) is 3.29. The van der Waals surface area contributed by atoms with Crippen LogP contribution in [0.15, 0.2) is 36.4 Å². The molecule has 0 aliphatic carbocycles. The number of carbonyl (C=O) groups is 1. The van der Waals surface area contributed by atoms with E-state index in [-0.39, 0.29) is 11.3 Å². The van der Waals surface area contributed by atoms with E-state index in [0.717, 1.165) is 3.57 Å². The van der Waals surface area contributed by atoms with Gasteiger partial charge in [0.15, 0.2) is 0 Å². The van der Waals surface area contributed by atoms with E-state index in [1.807, 2.05) is 24.3 Å². The maximum Gasteiger partial charge on any atom is 0.337 e. The lowest BCUT2D eigenvalue weighted by atomic mass is 10.1. The third kappa shape index (κ3) is 3.17. The van der Waals surface area contributed by atoms with Crippen molar-refractivity contribution >= 4 is 34.2 Å². The predicted molar refractivity (Wildman–Crippen MR) is 81.8 cm³/mol. The van der Waals surface area contributed by atoms with Gasteiger partial charge in [-0.05, 0) is 65.4 Å². The van der Waals surface area contributed by atoms with Gasteiger partial charge in [0.05, 0.1) is 5.56 Å². The van der Waals surface area contributed by atoms with Gasteiger partial charge in [-0.1, -0.05) is 6.07 Å². The zero-order valence-corrected chi connectivity index (χ0v) is 12.3. The van der Waals surface area contributed by atoms with Crippen molar-refractivity contribution < 1.29 is 14.6 Å². The molecule has 0 bridgehead atoms. The summed E-state index contributed by atoms with van der Waals surface area (Å²) in [6, 6.07) is 10.7. The number of aromatic carboxylic acids is 1. The van der Waals surface area contributed by atoms with E-state index in [4.69, 9.17) is 15.6 Å². The largest absolute Gasteiger partial charge is 0.478 e. The van der Waals surface area contributed by atoms with E-state index < -0.39 is 5.97 Å². The third-order valence-electron chi connectivity index (χ3n) is 2.62. The van der Waals surface area contributed by atoms with E-state index >= 15 is 0 Å². The van der Waals surface area contributed by atoms with Crippen molar-refractivity contribution in [2.75, 3.05) is 5.73 Å². The minimum atomic E-state index is -1.06. The molecule has 0 atom stereocenters. The second-order valence-corrected chi connectivity index (χ2v) is 5.31. The maximum atomic E-state index is 11.1. The highest BCUT2D eigenvalue weighted by molar-refractivity contribution is 14.1. The van der Waals surface area contributed by atoms with Crippen molar-refractivity contribution in [1.82, 2.24) is 0 Å². The molecule has 5 heteroatoms. The molecule has 4 nitrogen and oxygen atoms in total. The Morgan fingerprint density at radius 3 is 2.63 bits per heavy atom. The zero-order chi connectivity index (χ0) is 14.0. The summed E-state index contributed by atoms with van der Waals surface area (Å²) in [7, 11) is 0. The van der Waals surface area contributed by atoms with Crippen LogP contribution in [-0.4, -0.2) is 11.1 Å². The first-order valence-corrected chi connectivity index (χ1v) is 6.62. The molecule has 0 aromatic heterocycles. The molecule has 0 fully saturated rings. The molecule has 98 valence electrons. The normalized spacial score (nSPS) is 10.2. The predicted octanol–water partition coefficient (Wildman–Crippen LogP) is 3.67. The number of hydrogen-bond acceptors (Lipinski definition) is 3. The molecule has 19 heavy (non-hydrogen) atoms. The SMILES string of the molecule is Cc1cc(Oc2cccc(I)c2)cc(C(=O)O)c1N. The highest BCUT2D eigenvalue weighted by Gasteiger charge is 2.12. The van der Waals surface area contributed by atoms with Gasteiger partial charge in [0, 0.05) is 9.26 Å². The Kier molecular flexibility index (Phi) is 3.94. The Bertz CT molecular complexity index is 641. The summed E-state index contributed by atoms with van der Waals surface area (Å²) in [5.41, 5.74) is 6.74. The van der Waals surface area contributed by atoms with Crippen LogP contribution in [0.2, 0.25) is 0 Å². The second kappa shape index (κ2) is 5.48. The zero-order valence-electron chi connectivity index (χ0n) is 10.2. The molecular formula is C14H12INO3. The van der Waals surface area contributed by atoms with Gasteiger partial charge in [0.2, 0.25) is 0 Å². The van der Waals surface area contributed by atoms with Gasteiger partial charge in [0.25, 0.3) is 0 Å². The Hall–Kier alpha value is -1.76. The fourth-order valence-corrected chi connectivity index (χ4v) is 2.18. The van der Waals surface area contributed by atoms with Crippen molar-refractivity contribution in [3.63, 3.8) is 0 Å². The average Bonchev–Trinajstić information content (AvgIpc) is 2.33. The first-order valence-electron chi connectivity index (χ1n) is 5.54. The van der Waals surface area contributed by atoms with Crippen LogP contribution in [-0.2, 0) is 0 Å². The quantitative estimate of drug-likeness (QED) is 0.640. The molecule has 0 aliphatic rings. The van der Waals surface area contributed by atoms with Crippen LogP contribution in [0.25, 0.3) is 0 Å². The van der Waals surface area contributed by atoms with E-state index in [9.17, 15) is 4.79 Å². The van der Waals surface area contributed by atoms with Crippen molar-refractivity contribution in [1.29, 1.82) is 0 Å². The number of nitrogen functional groups attached to an aromatic ring is 1. The van der Waals surface area contributed by atoms with Gasteiger partial charge in [-0.2, -0.15) is 0 Å². The van der Waals surface area contributed by atoms with E-state index in [0.29, 0.717) is 17.1 Å². The molecule has 0 aliphatic heterocycles. The highest BCUT2D eigenvalue weighted by Crippen LogP contribution is 2.28. The van der Waals surface area contributed by atoms with Crippen LogP contribution in [0, 0.1) is 10.5 Å². The summed E-state index contributed by atoms with van der Waals surface area (Å²) < 4.78 is 6.70. The number of hydrogen-bond donors (Lipinski definition) is 2. The number of halogens is 1. The fourth-order valence-electron chi connectivity index (χ4n) is 1.67. The number of carboxylic acids is 1. The number of benzene rings is 2. The van der Waals surface area contributed by atoms with E-state index in [1.165, 1.54) is 6.07 Å². The average molecular weight is 369 g/mol. The molecule has 0 heterocycles. The van der Waals surface area contributed by atoms with Gasteiger partial charge < -0.3 is 15.6 Å². The summed E-state index contributed by atoms with van der Waals surface area (Å²) in [6.07, 6.45) is 0. The Morgan fingerprint density at radius 2 is 2.00 bits per heavy atom. The summed E-state index contributed by atoms with van der Waals surface area (Å²) in [6.45, 7) is 1.75. The van der Waals surface area contributed by atoms with Crippen molar-refractivity contribution in [2.24, 2.45) is 0 Å². The van der Waals surface area contributed by atoms with Crippen LogP contribution in [0.1, 0.15) is 15.9 Å². The molecule has 0 unspecified atom stereocenters. The summed E-state index contributed by atoms with van der Waals surface area (Å²) in [5.74, 6) is 0.0622. The lowest BCUT2D eigenvalue weighted by molar-refractivity contribution is 0.0697. The van der Waals surface area contributed by atoms with E-state index in [1.54, 1.807) is 13.0 Å². The van der Waals surface area contributed by atoms with E-state index in [2.05, 4.69) is 22.6 Å². The molecular weight excluding hydrogens is 357 g/mol. The topological polar surface area (TPSA) is 72.5 Å².